The minimum Gasteiger partial charge on any atom is -0.324 e. The molecule has 1 aromatic heterocycles. The Hall–Kier alpha value is -3.28. The first-order chi connectivity index (χ1) is 14.7. The van der Waals surface area contributed by atoms with Crippen LogP contribution in [0.5, 0.6) is 0 Å². The number of benzene rings is 2. The third kappa shape index (κ3) is 4.43. The van der Waals surface area contributed by atoms with Crippen LogP contribution in [0.2, 0.25) is 0 Å². The van der Waals surface area contributed by atoms with Crippen LogP contribution in [0.4, 0.5) is 24.5 Å². The highest BCUT2D eigenvalue weighted by Crippen LogP contribution is 2.37. The molecule has 0 saturated heterocycles. The summed E-state index contributed by atoms with van der Waals surface area (Å²) in [7, 11) is 0. The van der Waals surface area contributed by atoms with Gasteiger partial charge in [-0.05, 0) is 41.6 Å². The number of carbonyl (C=O) groups is 2. The number of fused-ring (bicyclic) bond motifs is 1. The first-order valence-corrected chi connectivity index (χ1v) is 9.83. The summed E-state index contributed by atoms with van der Waals surface area (Å²) >= 11 is 3.31. The summed E-state index contributed by atoms with van der Waals surface area (Å²) in [5, 5.41) is 14.2. The largest absolute Gasteiger partial charge is 0.409 e. The van der Waals surface area contributed by atoms with Gasteiger partial charge in [-0.2, -0.15) is 18.0 Å². The number of halogens is 4. The monoisotopic (exact) mass is 494 g/mol. The summed E-state index contributed by atoms with van der Waals surface area (Å²) in [4.78, 5) is 26.5. The Labute approximate surface area is 182 Å². The molecule has 2 aromatic carbocycles. The van der Waals surface area contributed by atoms with E-state index in [2.05, 4.69) is 36.7 Å². The van der Waals surface area contributed by atoms with Crippen molar-refractivity contribution < 1.29 is 22.8 Å². The van der Waals surface area contributed by atoms with Gasteiger partial charge in [0.25, 0.3) is 5.91 Å². The number of carbonyl (C=O) groups excluding carboxylic acids is 2. The second kappa shape index (κ2) is 8.10. The molecule has 0 radical (unpaired) electrons. The average molecular weight is 495 g/mol. The van der Waals surface area contributed by atoms with Crippen molar-refractivity contribution >= 4 is 39.1 Å². The first kappa shape index (κ1) is 21.0. The number of amides is 2. The van der Waals surface area contributed by atoms with E-state index < -0.39 is 37.0 Å². The predicted molar refractivity (Wildman–Crippen MR) is 108 cm³/mol. The van der Waals surface area contributed by atoms with Crippen LogP contribution in [0, 0.1) is 0 Å². The summed E-state index contributed by atoms with van der Waals surface area (Å²) in [6.07, 6.45) is -5.73. The van der Waals surface area contributed by atoms with Crippen LogP contribution >= 0.6 is 15.9 Å². The van der Waals surface area contributed by atoms with E-state index in [-0.39, 0.29) is 17.2 Å². The van der Waals surface area contributed by atoms with Gasteiger partial charge in [0.1, 0.15) is 12.6 Å². The molecular weight excluding hydrogens is 481 g/mol. The highest BCUT2D eigenvalue weighted by atomic mass is 79.9. The van der Waals surface area contributed by atoms with Crippen LogP contribution in [0.25, 0.3) is 11.4 Å². The van der Waals surface area contributed by atoms with Crippen LogP contribution < -0.4 is 10.2 Å². The molecule has 2 heterocycles. The topological polar surface area (TPSA) is 93.0 Å². The molecule has 1 aliphatic heterocycles. The smallest absolute Gasteiger partial charge is 0.324 e. The van der Waals surface area contributed by atoms with Crippen LogP contribution in [-0.2, 0) is 16.1 Å². The number of rotatable bonds is 3. The Morgan fingerprint density at radius 3 is 2.58 bits per heavy atom. The summed E-state index contributed by atoms with van der Waals surface area (Å²) in [5.74, 6) is -1.53. The van der Waals surface area contributed by atoms with Gasteiger partial charge in [0.2, 0.25) is 11.7 Å². The lowest BCUT2D eigenvalue weighted by atomic mass is 10.1. The fourth-order valence-electron chi connectivity index (χ4n) is 3.22. The van der Waals surface area contributed by atoms with Gasteiger partial charge in [-0.3, -0.25) is 14.5 Å². The molecule has 4 rings (SSSR count). The van der Waals surface area contributed by atoms with Crippen molar-refractivity contribution in [1.29, 1.82) is 0 Å². The third-order valence-corrected chi connectivity index (χ3v) is 5.14. The lowest BCUT2D eigenvalue weighted by Gasteiger charge is -2.31. The molecule has 0 bridgehead atoms. The molecule has 2 amide bonds. The summed E-state index contributed by atoms with van der Waals surface area (Å²) in [5.41, 5.74) is 0.702. The Morgan fingerprint density at radius 1 is 1.16 bits per heavy atom. The van der Waals surface area contributed by atoms with Crippen molar-refractivity contribution in [3.63, 3.8) is 0 Å². The van der Waals surface area contributed by atoms with Crippen molar-refractivity contribution in [2.24, 2.45) is 0 Å². The van der Waals surface area contributed by atoms with E-state index in [1.54, 1.807) is 30.3 Å². The van der Waals surface area contributed by atoms with Gasteiger partial charge >= 0.3 is 6.18 Å². The quantitative estimate of drug-likeness (QED) is 0.602. The molecule has 3 aromatic rings. The molecule has 12 heteroatoms. The number of anilines is 2. The standard InChI is InChI=1S/C19H14BrF3N6O2/c20-12-7-5-11(6-8-12)18-25-27-28(26-18)10-17(31)29-14-4-2-1-3-13(14)24-16(30)9-15(29)19(21,22)23/h1-8,15H,9-10H2,(H,24,30). The highest BCUT2D eigenvalue weighted by molar-refractivity contribution is 9.10. The zero-order valence-corrected chi connectivity index (χ0v) is 17.3. The molecule has 0 fully saturated rings. The van der Waals surface area contributed by atoms with Crippen molar-refractivity contribution in [2.45, 2.75) is 25.2 Å². The third-order valence-electron chi connectivity index (χ3n) is 4.61. The number of nitrogens with one attached hydrogen (secondary N) is 1. The maximum absolute atomic E-state index is 13.8. The summed E-state index contributed by atoms with van der Waals surface area (Å²) < 4.78 is 42.2. The molecule has 0 spiro atoms. The van der Waals surface area contributed by atoms with E-state index in [0.717, 1.165) is 9.27 Å². The van der Waals surface area contributed by atoms with Crippen molar-refractivity contribution in [1.82, 2.24) is 20.2 Å². The maximum atomic E-state index is 13.8. The van der Waals surface area contributed by atoms with Gasteiger partial charge in [0.05, 0.1) is 17.8 Å². The van der Waals surface area contributed by atoms with Crippen LogP contribution in [0.1, 0.15) is 6.42 Å². The molecule has 160 valence electrons. The van der Waals surface area contributed by atoms with Gasteiger partial charge in [-0.15, -0.1) is 10.2 Å². The van der Waals surface area contributed by atoms with Crippen LogP contribution in [0.15, 0.2) is 53.0 Å². The fraction of sp³-hybridized carbons (Fsp3) is 0.211. The number of para-hydroxylation sites is 2. The number of alkyl halides is 3. The molecule has 1 unspecified atom stereocenters. The lowest BCUT2D eigenvalue weighted by molar-refractivity contribution is -0.158. The zero-order valence-electron chi connectivity index (χ0n) is 15.7. The van der Waals surface area contributed by atoms with Gasteiger partial charge in [0, 0.05) is 10.0 Å². The van der Waals surface area contributed by atoms with E-state index in [9.17, 15) is 22.8 Å². The second-order valence-corrected chi connectivity index (χ2v) is 7.66. The Balaban J connectivity index is 1.65. The molecule has 1 atom stereocenters. The van der Waals surface area contributed by atoms with Gasteiger partial charge in [0.15, 0.2) is 0 Å². The molecule has 0 saturated carbocycles. The van der Waals surface area contributed by atoms with Gasteiger partial charge in [-0.1, -0.05) is 28.1 Å². The van der Waals surface area contributed by atoms with Crippen LogP contribution in [0.3, 0.4) is 0 Å². The Kier molecular flexibility index (Phi) is 5.48. The molecule has 1 N–H and O–H groups in total. The Morgan fingerprint density at radius 2 is 1.87 bits per heavy atom. The first-order valence-electron chi connectivity index (χ1n) is 9.04. The van der Waals surface area contributed by atoms with Crippen molar-refractivity contribution in [2.75, 3.05) is 10.2 Å². The lowest BCUT2D eigenvalue weighted by Crippen LogP contribution is -2.50. The number of hydrogen-bond donors (Lipinski definition) is 1. The molecule has 1 aliphatic rings. The number of tetrazole rings is 1. The predicted octanol–water partition coefficient (Wildman–Crippen LogP) is 3.41. The molecule has 0 aliphatic carbocycles. The van der Waals surface area contributed by atoms with E-state index in [1.807, 2.05) is 0 Å². The summed E-state index contributed by atoms with van der Waals surface area (Å²) in [6.45, 7) is -0.585. The minimum absolute atomic E-state index is 0.0473. The van der Waals surface area contributed by atoms with E-state index in [4.69, 9.17) is 0 Å². The number of nitrogens with zero attached hydrogens (tertiary/aromatic N) is 5. The SMILES string of the molecule is O=C1CC(C(F)(F)F)N(C(=O)Cn2nnc(-c3ccc(Br)cc3)n2)c2ccccc2N1. The van der Waals surface area contributed by atoms with Crippen molar-refractivity contribution in [3.8, 4) is 11.4 Å². The zero-order chi connectivity index (χ0) is 22.2. The number of hydrogen-bond acceptors (Lipinski definition) is 5. The normalized spacial score (nSPS) is 16.5. The molecule has 31 heavy (non-hydrogen) atoms. The minimum atomic E-state index is -4.82. The van der Waals surface area contributed by atoms with Crippen LogP contribution in [-0.4, -0.2) is 44.2 Å². The van der Waals surface area contributed by atoms with Gasteiger partial charge < -0.3 is 5.32 Å². The fourth-order valence-corrected chi connectivity index (χ4v) is 3.48. The van der Waals surface area contributed by atoms with E-state index >= 15 is 0 Å². The average Bonchev–Trinajstić information content (AvgIpc) is 3.10. The van der Waals surface area contributed by atoms with Crippen molar-refractivity contribution in [3.05, 3.63) is 53.0 Å². The Bertz CT molecular complexity index is 1130. The van der Waals surface area contributed by atoms with E-state index in [0.29, 0.717) is 10.5 Å². The highest BCUT2D eigenvalue weighted by Gasteiger charge is 2.49. The second-order valence-electron chi connectivity index (χ2n) is 6.74. The maximum Gasteiger partial charge on any atom is 0.409 e. The van der Waals surface area contributed by atoms with E-state index in [1.165, 1.54) is 18.2 Å². The summed E-state index contributed by atoms with van der Waals surface area (Å²) in [6, 6.07) is 10.5. The number of aromatic nitrogens is 4. The molecular formula is C19H14BrF3N6O2. The van der Waals surface area contributed by atoms with Gasteiger partial charge in [-0.25, -0.2) is 0 Å². The molecule has 8 nitrogen and oxygen atoms in total.